The number of benzene rings is 1. The molecule has 0 atom stereocenters. The van der Waals surface area contributed by atoms with Crippen LogP contribution < -0.4 is 5.32 Å². The third-order valence-corrected chi connectivity index (χ3v) is 3.93. The molecule has 0 saturated carbocycles. The second-order valence-electron chi connectivity index (χ2n) is 5.46. The van der Waals surface area contributed by atoms with Crippen molar-refractivity contribution in [3.8, 4) is 0 Å². The summed E-state index contributed by atoms with van der Waals surface area (Å²) in [5.74, 6) is -0.331. The molecule has 2 heterocycles. The van der Waals surface area contributed by atoms with E-state index in [0.29, 0.717) is 16.9 Å². The molecular formula is C16H17N3O3. The van der Waals surface area contributed by atoms with Crippen molar-refractivity contribution in [2.45, 2.75) is 32.7 Å². The van der Waals surface area contributed by atoms with Crippen molar-refractivity contribution in [2.24, 2.45) is 0 Å². The number of hydrogen-bond donors (Lipinski definition) is 2. The number of carboxylic acid groups (broad SMARTS) is 1. The minimum Gasteiger partial charge on any atom is -0.478 e. The van der Waals surface area contributed by atoms with Gasteiger partial charge in [-0.15, -0.1) is 0 Å². The average molecular weight is 299 g/mol. The highest BCUT2D eigenvalue weighted by atomic mass is 16.4. The van der Waals surface area contributed by atoms with E-state index in [2.05, 4.69) is 10.3 Å². The van der Waals surface area contributed by atoms with Gasteiger partial charge >= 0.3 is 5.97 Å². The third-order valence-electron chi connectivity index (χ3n) is 3.93. The van der Waals surface area contributed by atoms with E-state index in [9.17, 15) is 9.59 Å². The molecule has 1 aromatic heterocycles. The zero-order valence-electron chi connectivity index (χ0n) is 12.3. The van der Waals surface area contributed by atoms with Crippen LogP contribution in [-0.4, -0.2) is 26.5 Å². The Labute approximate surface area is 127 Å². The topological polar surface area (TPSA) is 84.2 Å². The lowest BCUT2D eigenvalue weighted by Crippen LogP contribution is -2.20. The number of aryl methyl sites for hydroxylation is 2. The molecule has 1 aromatic carbocycles. The van der Waals surface area contributed by atoms with Crippen molar-refractivity contribution >= 4 is 17.6 Å². The highest BCUT2D eigenvalue weighted by Gasteiger charge is 2.19. The van der Waals surface area contributed by atoms with Gasteiger partial charge in [-0.05, 0) is 37.5 Å². The smallest absolute Gasteiger partial charge is 0.336 e. The van der Waals surface area contributed by atoms with Crippen molar-refractivity contribution in [1.82, 2.24) is 9.55 Å². The van der Waals surface area contributed by atoms with Crippen LogP contribution in [0.5, 0.6) is 0 Å². The van der Waals surface area contributed by atoms with E-state index >= 15 is 0 Å². The van der Waals surface area contributed by atoms with Gasteiger partial charge in [-0.25, -0.2) is 9.78 Å². The monoisotopic (exact) mass is 299 g/mol. The summed E-state index contributed by atoms with van der Waals surface area (Å²) in [5.41, 5.74) is 1.84. The first-order valence-electron chi connectivity index (χ1n) is 7.26. The number of carboxylic acids is 1. The number of amides is 1. The van der Waals surface area contributed by atoms with E-state index in [4.69, 9.17) is 5.11 Å². The lowest BCUT2D eigenvalue weighted by atomic mass is 10.1. The van der Waals surface area contributed by atoms with E-state index in [0.717, 1.165) is 31.6 Å². The maximum Gasteiger partial charge on any atom is 0.336 e. The van der Waals surface area contributed by atoms with Crippen LogP contribution in [0.4, 0.5) is 5.69 Å². The van der Waals surface area contributed by atoms with Gasteiger partial charge in [0.2, 0.25) is 0 Å². The standard InChI is InChI=1S/C16H17N3O3/c1-10-5-6-11(8-12(10)16(21)22)18-15(20)13-9-17-14-4-2-3-7-19(13)14/h5-6,8-9H,2-4,7H2,1H3,(H,18,20)(H,21,22). The van der Waals surface area contributed by atoms with Crippen LogP contribution in [0, 0.1) is 6.92 Å². The maximum absolute atomic E-state index is 12.4. The first-order valence-corrected chi connectivity index (χ1v) is 7.26. The molecule has 0 spiro atoms. The number of aromatic carboxylic acids is 1. The van der Waals surface area contributed by atoms with E-state index in [1.54, 1.807) is 25.3 Å². The van der Waals surface area contributed by atoms with Crippen LogP contribution in [0.2, 0.25) is 0 Å². The van der Waals surface area contributed by atoms with E-state index < -0.39 is 5.97 Å². The molecule has 0 aliphatic carbocycles. The van der Waals surface area contributed by atoms with E-state index in [1.165, 1.54) is 6.07 Å². The SMILES string of the molecule is Cc1ccc(NC(=O)c2cnc3n2CCCC3)cc1C(=O)O. The molecule has 2 aromatic rings. The van der Waals surface area contributed by atoms with Crippen LogP contribution in [0.3, 0.4) is 0 Å². The number of rotatable bonds is 3. The van der Waals surface area contributed by atoms with Gasteiger partial charge in [0, 0.05) is 18.7 Å². The van der Waals surface area contributed by atoms with Crippen molar-refractivity contribution < 1.29 is 14.7 Å². The number of carbonyl (C=O) groups is 2. The minimum absolute atomic E-state index is 0.188. The highest BCUT2D eigenvalue weighted by Crippen LogP contribution is 2.19. The molecule has 0 unspecified atom stereocenters. The Bertz CT molecular complexity index is 749. The Morgan fingerprint density at radius 1 is 1.32 bits per heavy atom. The van der Waals surface area contributed by atoms with Crippen LogP contribution >= 0.6 is 0 Å². The fourth-order valence-electron chi connectivity index (χ4n) is 2.72. The number of nitrogens with zero attached hydrogens (tertiary/aromatic N) is 2. The molecular weight excluding hydrogens is 282 g/mol. The van der Waals surface area contributed by atoms with Crippen LogP contribution in [0.15, 0.2) is 24.4 Å². The first kappa shape index (κ1) is 14.3. The summed E-state index contributed by atoms with van der Waals surface area (Å²) >= 11 is 0. The Morgan fingerprint density at radius 2 is 2.14 bits per heavy atom. The second-order valence-corrected chi connectivity index (χ2v) is 5.46. The first-order chi connectivity index (χ1) is 10.6. The molecule has 0 radical (unpaired) electrons. The Hall–Kier alpha value is -2.63. The Kier molecular flexibility index (Phi) is 3.66. The fourth-order valence-corrected chi connectivity index (χ4v) is 2.72. The molecule has 2 N–H and O–H groups in total. The summed E-state index contributed by atoms with van der Waals surface area (Å²) < 4.78 is 1.94. The number of carbonyl (C=O) groups excluding carboxylic acids is 1. The molecule has 0 saturated heterocycles. The third kappa shape index (κ3) is 2.59. The van der Waals surface area contributed by atoms with E-state index in [1.807, 2.05) is 4.57 Å². The highest BCUT2D eigenvalue weighted by molar-refractivity contribution is 6.03. The van der Waals surface area contributed by atoms with E-state index in [-0.39, 0.29) is 11.5 Å². The number of hydrogen-bond acceptors (Lipinski definition) is 3. The molecule has 6 nitrogen and oxygen atoms in total. The quantitative estimate of drug-likeness (QED) is 0.912. The van der Waals surface area contributed by atoms with Crippen LogP contribution in [0.1, 0.15) is 45.1 Å². The summed E-state index contributed by atoms with van der Waals surface area (Å²) in [5, 5.41) is 11.9. The predicted molar refractivity (Wildman–Crippen MR) is 81.3 cm³/mol. The number of aromatic nitrogens is 2. The van der Waals surface area contributed by atoms with Gasteiger partial charge in [-0.1, -0.05) is 6.07 Å². The predicted octanol–water partition coefficient (Wildman–Crippen LogP) is 2.48. The summed E-state index contributed by atoms with van der Waals surface area (Å²) in [6.45, 7) is 2.52. The van der Waals surface area contributed by atoms with Gasteiger partial charge < -0.3 is 15.0 Å². The van der Waals surface area contributed by atoms with Gasteiger partial charge in [-0.3, -0.25) is 4.79 Å². The maximum atomic E-state index is 12.4. The normalized spacial score (nSPS) is 13.5. The number of fused-ring (bicyclic) bond motifs is 1. The van der Waals surface area contributed by atoms with Crippen LogP contribution in [0.25, 0.3) is 0 Å². The van der Waals surface area contributed by atoms with Crippen molar-refractivity contribution in [3.63, 3.8) is 0 Å². The summed E-state index contributed by atoms with van der Waals surface area (Å²) in [7, 11) is 0. The molecule has 6 heteroatoms. The average Bonchev–Trinajstić information content (AvgIpc) is 2.93. The molecule has 1 aliphatic rings. The molecule has 22 heavy (non-hydrogen) atoms. The van der Waals surface area contributed by atoms with Gasteiger partial charge in [0.05, 0.1) is 11.8 Å². The molecule has 114 valence electrons. The summed E-state index contributed by atoms with van der Waals surface area (Å²) in [6, 6.07) is 4.86. The van der Waals surface area contributed by atoms with Crippen molar-refractivity contribution in [3.05, 3.63) is 47.0 Å². The van der Waals surface area contributed by atoms with Crippen molar-refractivity contribution in [1.29, 1.82) is 0 Å². The molecule has 0 bridgehead atoms. The zero-order chi connectivity index (χ0) is 15.7. The summed E-state index contributed by atoms with van der Waals surface area (Å²) in [6.07, 6.45) is 4.61. The largest absolute Gasteiger partial charge is 0.478 e. The minimum atomic E-state index is -1.00. The molecule has 1 amide bonds. The Morgan fingerprint density at radius 3 is 2.91 bits per heavy atom. The number of anilines is 1. The van der Waals surface area contributed by atoms with Gasteiger partial charge in [-0.2, -0.15) is 0 Å². The second kappa shape index (κ2) is 5.63. The van der Waals surface area contributed by atoms with Gasteiger partial charge in [0.1, 0.15) is 11.5 Å². The number of imidazole rings is 1. The number of nitrogens with one attached hydrogen (secondary N) is 1. The lowest BCUT2D eigenvalue weighted by molar-refractivity contribution is 0.0695. The van der Waals surface area contributed by atoms with Gasteiger partial charge in [0.15, 0.2) is 0 Å². The van der Waals surface area contributed by atoms with Crippen molar-refractivity contribution in [2.75, 3.05) is 5.32 Å². The molecule has 3 rings (SSSR count). The lowest BCUT2D eigenvalue weighted by Gasteiger charge is -2.16. The fraction of sp³-hybridized carbons (Fsp3) is 0.312. The molecule has 0 fully saturated rings. The molecule has 1 aliphatic heterocycles. The zero-order valence-corrected chi connectivity index (χ0v) is 12.3. The van der Waals surface area contributed by atoms with Crippen LogP contribution in [-0.2, 0) is 13.0 Å². The Balaban J connectivity index is 1.84. The van der Waals surface area contributed by atoms with Gasteiger partial charge in [0.25, 0.3) is 5.91 Å². The summed E-state index contributed by atoms with van der Waals surface area (Å²) in [4.78, 5) is 27.8.